The maximum Gasteiger partial charge on any atom is 0.214 e. The molecule has 1 aromatic rings. The molecule has 0 bridgehead atoms. The van der Waals surface area contributed by atoms with Gasteiger partial charge in [0.25, 0.3) is 0 Å². The summed E-state index contributed by atoms with van der Waals surface area (Å²) in [6.07, 6.45) is 3.48. The second-order valence-electron chi connectivity index (χ2n) is 5.30. The summed E-state index contributed by atoms with van der Waals surface area (Å²) in [4.78, 5) is 0. The SMILES string of the molecule is CCc1ccc(CN(C2CC2)S(=O)(=O)CCCCl)cc1. The molecule has 1 aromatic carbocycles. The highest BCUT2D eigenvalue weighted by Gasteiger charge is 2.36. The van der Waals surface area contributed by atoms with Crippen molar-refractivity contribution in [3.63, 3.8) is 0 Å². The number of hydrogen-bond acceptors (Lipinski definition) is 2. The zero-order valence-electron chi connectivity index (χ0n) is 11.9. The lowest BCUT2D eigenvalue weighted by Gasteiger charge is -2.22. The van der Waals surface area contributed by atoms with Crippen molar-refractivity contribution in [3.05, 3.63) is 35.4 Å². The number of benzene rings is 1. The number of nitrogens with zero attached hydrogens (tertiary/aromatic N) is 1. The third-order valence-electron chi connectivity index (χ3n) is 3.62. The van der Waals surface area contributed by atoms with Crippen LogP contribution in [0.15, 0.2) is 24.3 Å². The molecule has 1 saturated carbocycles. The second-order valence-corrected chi connectivity index (χ2v) is 7.72. The predicted octanol–water partition coefficient (Wildman–Crippen LogP) is 3.17. The molecule has 1 fully saturated rings. The highest BCUT2D eigenvalue weighted by atomic mass is 35.5. The highest BCUT2D eigenvalue weighted by molar-refractivity contribution is 7.89. The molecule has 0 radical (unpaired) electrons. The molecule has 5 heteroatoms. The zero-order valence-corrected chi connectivity index (χ0v) is 13.5. The van der Waals surface area contributed by atoms with E-state index in [0.717, 1.165) is 24.8 Å². The Morgan fingerprint density at radius 2 is 1.80 bits per heavy atom. The van der Waals surface area contributed by atoms with Gasteiger partial charge in [0.1, 0.15) is 0 Å². The Morgan fingerprint density at radius 1 is 1.20 bits per heavy atom. The minimum Gasteiger partial charge on any atom is -0.212 e. The van der Waals surface area contributed by atoms with Crippen molar-refractivity contribution in [2.24, 2.45) is 0 Å². The lowest BCUT2D eigenvalue weighted by atomic mass is 10.1. The van der Waals surface area contributed by atoms with Gasteiger partial charge in [-0.1, -0.05) is 31.2 Å². The van der Waals surface area contributed by atoms with Crippen molar-refractivity contribution in [2.45, 2.75) is 45.2 Å². The van der Waals surface area contributed by atoms with Gasteiger partial charge in [0.15, 0.2) is 0 Å². The first-order valence-electron chi connectivity index (χ1n) is 7.20. The van der Waals surface area contributed by atoms with E-state index in [0.29, 0.717) is 18.8 Å². The van der Waals surface area contributed by atoms with Crippen LogP contribution >= 0.6 is 11.6 Å². The van der Waals surface area contributed by atoms with Crippen LogP contribution in [0.2, 0.25) is 0 Å². The Balaban J connectivity index is 2.09. The third kappa shape index (κ3) is 4.21. The number of rotatable bonds is 8. The first-order chi connectivity index (χ1) is 9.56. The van der Waals surface area contributed by atoms with Gasteiger partial charge in [-0.25, -0.2) is 8.42 Å². The van der Waals surface area contributed by atoms with Crippen LogP contribution in [0.5, 0.6) is 0 Å². The molecule has 0 saturated heterocycles. The van der Waals surface area contributed by atoms with Crippen LogP contribution in [-0.2, 0) is 23.0 Å². The normalized spacial score (nSPS) is 15.8. The smallest absolute Gasteiger partial charge is 0.212 e. The molecule has 1 aliphatic carbocycles. The molecule has 1 aliphatic rings. The van der Waals surface area contributed by atoms with Crippen LogP contribution in [0.25, 0.3) is 0 Å². The van der Waals surface area contributed by atoms with E-state index in [1.165, 1.54) is 5.56 Å². The number of hydrogen-bond donors (Lipinski definition) is 0. The zero-order chi connectivity index (χ0) is 14.6. The van der Waals surface area contributed by atoms with Gasteiger partial charge in [0, 0.05) is 18.5 Å². The minimum absolute atomic E-state index is 0.153. The van der Waals surface area contributed by atoms with Crippen LogP contribution in [-0.4, -0.2) is 30.4 Å². The maximum atomic E-state index is 12.4. The molecule has 3 nitrogen and oxygen atoms in total. The summed E-state index contributed by atoms with van der Waals surface area (Å²) >= 11 is 5.62. The Morgan fingerprint density at radius 3 is 2.30 bits per heavy atom. The molecule has 112 valence electrons. The molecule has 0 atom stereocenters. The molecule has 2 rings (SSSR count). The predicted molar refractivity (Wildman–Crippen MR) is 83.5 cm³/mol. The van der Waals surface area contributed by atoms with Crippen molar-refractivity contribution in [2.75, 3.05) is 11.6 Å². The number of halogens is 1. The van der Waals surface area contributed by atoms with E-state index in [1.54, 1.807) is 4.31 Å². The summed E-state index contributed by atoms with van der Waals surface area (Å²) in [6.45, 7) is 2.60. The van der Waals surface area contributed by atoms with Crippen LogP contribution in [0.1, 0.15) is 37.3 Å². The van der Waals surface area contributed by atoms with E-state index in [2.05, 4.69) is 19.1 Å². The summed E-state index contributed by atoms with van der Waals surface area (Å²) in [6, 6.07) is 8.41. The van der Waals surface area contributed by atoms with E-state index >= 15 is 0 Å². The fourth-order valence-electron chi connectivity index (χ4n) is 2.23. The van der Waals surface area contributed by atoms with Crippen molar-refractivity contribution < 1.29 is 8.42 Å². The topological polar surface area (TPSA) is 37.4 Å². The lowest BCUT2D eigenvalue weighted by molar-refractivity contribution is 0.398. The lowest BCUT2D eigenvalue weighted by Crippen LogP contribution is -2.34. The molecule has 0 heterocycles. The summed E-state index contributed by atoms with van der Waals surface area (Å²) in [7, 11) is -3.19. The van der Waals surface area contributed by atoms with Crippen LogP contribution in [0, 0.1) is 0 Å². The van der Waals surface area contributed by atoms with E-state index in [9.17, 15) is 8.42 Å². The van der Waals surface area contributed by atoms with E-state index in [4.69, 9.17) is 11.6 Å². The van der Waals surface area contributed by atoms with Gasteiger partial charge in [0.2, 0.25) is 10.0 Å². The van der Waals surface area contributed by atoms with Crippen LogP contribution < -0.4 is 0 Å². The molecule has 0 unspecified atom stereocenters. The van der Waals surface area contributed by atoms with Crippen LogP contribution in [0.3, 0.4) is 0 Å². The molecular weight excluding hydrogens is 294 g/mol. The molecular formula is C15H22ClNO2S. The summed E-state index contributed by atoms with van der Waals surface area (Å²) < 4.78 is 26.4. The summed E-state index contributed by atoms with van der Waals surface area (Å²) in [5.41, 5.74) is 2.33. The van der Waals surface area contributed by atoms with Gasteiger partial charge in [0.05, 0.1) is 5.75 Å². The van der Waals surface area contributed by atoms with Crippen molar-refractivity contribution in [1.82, 2.24) is 4.31 Å². The Kier molecular flexibility index (Phi) is 5.47. The van der Waals surface area contributed by atoms with Gasteiger partial charge in [-0.3, -0.25) is 0 Å². The number of alkyl halides is 1. The maximum absolute atomic E-state index is 12.4. The average molecular weight is 316 g/mol. The molecule has 0 spiro atoms. The first-order valence-corrected chi connectivity index (χ1v) is 9.34. The van der Waals surface area contributed by atoms with Gasteiger partial charge in [-0.2, -0.15) is 4.31 Å². The number of sulfonamides is 1. The largest absolute Gasteiger partial charge is 0.214 e. The molecule has 0 amide bonds. The number of aryl methyl sites for hydroxylation is 1. The van der Waals surface area contributed by atoms with Gasteiger partial charge < -0.3 is 0 Å². The van der Waals surface area contributed by atoms with Crippen molar-refractivity contribution in [1.29, 1.82) is 0 Å². The van der Waals surface area contributed by atoms with Crippen molar-refractivity contribution in [3.8, 4) is 0 Å². The van der Waals surface area contributed by atoms with E-state index in [-0.39, 0.29) is 11.8 Å². The second kappa shape index (κ2) is 6.92. The van der Waals surface area contributed by atoms with E-state index in [1.807, 2.05) is 12.1 Å². The van der Waals surface area contributed by atoms with Gasteiger partial charge in [-0.15, -0.1) is 11.6 Å². The summed E-state index contributed by atoms with van der Waals surface area (Å²) in [5, 5.41) is 0. The monoisotopic (exact) mass is 315 g/mol. The fourth-order valence-corrected chi connectivity index (χ4v) is 4.28. The average Bonchev–Trinajstić information content (AvgIpc) is 3.27. The minimum atomic E-state index is -3.19. The Labute approximate surface area is 127 Å². The quantitative estimate of drug-likeness (QED) is 0.691. The molecule has 20 heavy (non-hydrogen) atoms. The van der Waals surface area contributed by atoms with Gasteiger partial charge >= 0.3 is 0 Å². The Hall–Kier alpha value is -0.580. The standard InChI is InChI=1S/C15H22ClNO2S/c1-2-13-4-6-14(7-5-13)12-17(15-8-9-15)20(18,19)11-3-10-16/h4-7,15H,2-3,8-12H2,1H3. The summed E-state index contributed by atoms with van der Waals surface area (Å²) in [5.74, 6) is 0.545. The Bertz CT molecular complexity index is 523. The highest BCUT2D eigenvalue weighted by Crippen LogP contribution is 2.31. The fraction of sp³-hybridized carbons (Fsp3) is 0.600. The first kappa shape index (κ1) is 15.8. The third-order valence-corrected chi connectivity index (χ3v) is 5.83. The van der Waals surface area contributed by atoms with Crippen molar-refractivity contribution >= 4 is 21.6 Å². The molecule has 0 aliphatic heterocycles. The molecule has 0 N–H and O–H groups in total. The van der Waals surface area contributed by atoms with E-state index < -0.39 is 10.0 Å². The van der Waals surface area contributed by atoms with Crippen LogP contribution in [0.4, 0.5) is 0 Å². The molecule has 0 aromatic heterocycles. The van der Waals surface area contributed by atoms with Gasteiger partial charge in [-0.05, 0) is 36.8 Å².